The first-order chi connectivity index (χ1) is 7.18. The Bertz CT molecular complexity index is 338. The van der Waals surface area contributed by atoms with Crippen LogP contribution in [-0.2, 0) is 11.3 Å². The van der Waals surface area contributed by atoms with E-state index in [0.717, 1.165) is 13.2 Å². The van der Waals surface area contributed by atoms with Gasteiger partial charge in [0.15, 0.2) is 0 Å². The Hall–Kier alpha value is -1.08. The average molecular weight is 202 g/mol. The number of hydrogen-bond acceptors (Lipinski definition) is 1. The fourth-order valence-electron chi connectivity index (χ4n) is 1.77. The number of allylic oxidation sites excluding steroid dienone is 1. The lowest BCUT2D eigenvalue weighted by Gasteiger charge is -2.36. The molecule has 0 saturated carbocycles. The number of hydrogen-bond donors (Lipinski definition) is 0. The lowest BCUT2D eigenvalue weighted by Crippen LogP contribution is -2.31. The molecule has 80 valence electrons. The molecule has 1 aromatic carbocycles. The van der Waals surface area contributed by atoms with E-state index in [9.17, 15) is 0 Å². The molecule has 1 heteroatoms. The van der Waals surface area contributed by atoms with Gasteiger partial charge in [0, 0.05) is 5.92 Å². The summed E-state index contributed by atoms with van der Waals surface area (Å²) in [6.45, 7) is 6.06. The molecule has 0 bridgehead atoms. The molecule has 0 amide bonds. The first-order valence-electron chi connectivity index (χ1n) is 5.49. The van der Waals surface area contributed by atoms with E-state index < -0.39 is 0 Å². The zero-order valence-corrected chi connectivity index (χ0v) is 9.44. The predicted molar refractivity (Wildman–Crippen MR) is 62.5 cm³/mol. The van der Waals surface area contributed by atoms with Crippen molar-refractivity contribution >= 4 is 0 Å². The Morgan fingerprint density at radius 2 is 1.93 bits per heavy atom. The van der Waals surface area contributed by atoms with E-state index in [-0.39, 0.29) is 0 Å². The van der Waals surface area contributed by atoms with Gasteiger partial charge >= 0.3 is 0 Å². The Balaban J connectivity index is 1.75. The smallest absolute Gasteiger partial charge is 0.0717 e. The summed E-state index contributed by atoms with van der Waals surface area (Å²) in [5.74, 6) is 0.584. The summed E-state index contributed by atoms with van der Waals surface area (Å²) < 4.78 is 5.71. The van der Waals surface area contributed by atoms with Crippen LogP contribution < -0.4 is 0 Å². The monoisotopic (exact) mass is 202 g/mol. The molecular formula is C14H18O. The van der Waals surface area contributed by atoms with Crippen molar-refractivity contribution in [2.24, 2.45) is 11.3 Å². The molecule has 0 spiro atoms. The van der Waals surface area contributed by atoms with Crippen LogP contribution in [0.4, 0.5) is 0 Å². The summed E-state index contributed by atoms with van der Waals surface area (Å²) >= 11 is 0. The van der Waals surface area contributed by atoms with Crippen molar-refractivity contribution in [3.8, 4) is 0 Å². The van der Waals surface area contributed by atoms with E-state index >= 15 is 0 Å². The first-order valence-corrected chi connectivity index (χ1v) is 5.49. The van der Waals surface area contributed by atoms with Crippen molar-refractivity contribution < 1.29 is 4.74 Å². The van der Waals surface area contributed by atoms with E-state index in [1.165, 1.54) is 5.56 Å². The molecule has 1 atom stereocenters. The summed E-state index contributed by atoms with van der Waals surface area (Å²) in [5, 5.41) is 0. The predicted octanol–water partition coefficient (Wildman–Crippen LogP) is 3.42. The molecule has 15 heavy (non-hydrogen) atoms. The average Bonchev–Trinajstić information content (AvgIpc) is 2.24. The second-order valence-corrected chi connectivity index (χ2v) is 4.79. The lowest BCUT2D eigenvalue weighted by atomic mass is 9.70. The Kier molecular flexibility index (Phi) is 2.92. The van der Waals surface area contributed by atoms with Crippen LogP contribution in [0.2, 0.25) is 0 Å². The molecular weight excluding hydrogens is 184 g/mol. The van der Waals surface area contributed by atoms with Gasteiger partial charge in [-0.3, -0.25) is 0 Å². The Labute approximate surface area is 91.8 Å². The van der Waals surface area contributed by atoms with Gasteiger partial charge in [-0.1, -0.05) is 56.3 Å². The summed E-state index contributed by atoms with van der Waals surface area (Å²) in [6, 6.07) is 10.3. The molecule has 0 saturated heterocycles. The zero-order valence-electron chi connectivity index (χ0n) is 9.44. The van der Waals surface area contributed by atoms with Crippen molar-refractivity contribution in [2.45, 2.75) is 20.5 Å². The molecule has 1 unspecified atom stereocenters. The van der Waals surface area contributed by atoms with Crippen LogP contribution >= 0.6 is 0 Å². The van der Waals surface area contributed by atoms with Gasteiger partial charge in [0.05, 0.1) is 13.2 Å². The van der Waals surface area contributed by atoms with Crippen LogP contribution in [0.15, 0.2) is 42.5 Å². The summed E-state index contributed by atoms with van der Waals surface area (Å²) in [4.78, 5) is 0. The number of benzene rings is 1. The molecule has 1 aliphatic rings. The van der Waals surface area contributed by atoms with Gasteiger partial charge in [-0.2, -0.15) is 0 Å². The zero-order chi connectivity index (χ0) is 10.7. The fourth-order valence-corrected chi connectivity index (χ4v) is 1.77. The summed E-state index contributed by atoms with van der Waals surface area (Å²) in [6.07, 6.45) is 4.49. The maximum Gasteiger partial charge on any atom is 0.0717 e. The van der Waals surface area contributed by atoms with E-state index in [1.54, 1.807) is 0 Å². The molecule has 1 aliphatic carbocycles. The van der Waals surface area contributed by atoms with Gasteiger partial charge in [-0.15, -0.1) is 0 Å². The third-order valence-corrected chi connectivity index (χ3v) is 3.12. The minimum Gasteiger partial charge on any atom is -0.376 e. The van der Waals surface area contributed by atoms with Gasteiger partial charge < -0.3 is 4.74 Å². The summed E-state index contributed by atoms with van der Waals surface area (Å²) in [5.41, 5.74) is 1.58. The highest BCUT2D eigenvalue weighted by Crippen LogP contribution is 2.38. The standard InChI is InChI=1S/C14H18O/c1-14(2)9-8-13(14)11-15-10-12-6-4-3-5-7-12/h3-9,13H,10-11H2,1-2H3. The van der Waals surface area contributed by atoms with Crippen LogP contribution in [0, 0.1) is 11.3 Å². The normalized spacial score (nSPS) is 22.4. The van der Waals surface area contributed by atoms with Gasteiger partial charge in [-0.25, -0.2) is 0 Å². The maximum absolute atomic E-state index is 5.71. The third kappa shape index (κ3) is 2.48. The fraction of sp³-hybridized carbons (Fsp3) is 0.429. The van der Waals surface area contributed by atoms with E-state index in [4.69, 9.17) is 4.74 Å². The highest BCUT2D eigenvalue weighted by molar-refractivity contribution is 5.16. The van der Waals surface area contributed by atoms with Gasteiger partial charge in [0.25, 0.3) is 0 Å². The molecule has 0 heterocycles. The molecule has 1 nitrogen and oxygen atoms in total. The highest BCUT2D eigenvalue weighted by Gasteiger charge is 2.31. The van der Waals surface area contributed by atoms with Crippen LogP contribution in [0.1, 0.15) is 19.4 Å². The molecule has 0 aliphatic heterocycles. The maximum atomic E-state index is 5.71. The van der Waals surface area contributed by atoms with Gasteiger partial charge in [0.2, 0.25) is 0 Å². The molecule has 0 N–H and O–H groups in total. The molecule has 0 aromatic heterocycles. The van der Waals surface area contributed by atoms with E-state index in [0.29, 0.717) is 11.3 Å². The number of rotatable bonds is 4. The quantitative estimate of drug-likeness (QED) is 0.680. The largest absolute Gasteiger partial charge is 0.376 e. The minimum atomic E-state index is 0.330. The van der Waals surface area contributed by atoms with Crippen LogP contribution in [0.5, 0.6) is 0 Å². The summed E-state index contributed by atoms with van der Waals surface area (Å²) in [7, 11) is 0. The Morgan fingerprint density at radius 1 is 1.20 bits per heavy atom. The van der Waals surface area contributed by atoms with Crippen molar-refractivity contribution in [1.29, 1.82) is 0 Å². The van der Waals surface area contributed by atoms with Crippen LogP contribution in [0.3, 0.4) is 0 Å². The van der Waals surface area contributed by atoms with Gasteiger partial charge in [0.1, 0.15) is 0 Å². The van der Waals surface area contributed by atoms with Crippen LogP contribution in [-0.4, -0.2) is 6.61 Å². The van der Waals surface area contributed by atoms with Gasteiger partial charge in [-0.05, 0) is 11.0 Å². The molecule has 0 fully saturated rings. The lowest BCUT2D eigenvalue weighted by molar-refractivity contribution is 0.0629. The topological polar surface area (TPSA) is 9.23 Å². The second kappa shape index (κ2) is 4.19. The van der Waals surface area contributed by atoms with E-state index in [1.807, 2.05) is 18.2 Å². The third-order valence-electron chi connectivity index (χ3n) is 3.12. The van der Waals surface area contributed by atoms with Crippen molar-refractivity contribution in [3.63, 3.8) is 0 Å². The highest BCUT2D eigenvalue weighted by atomic mass is 16.5. The first kappa shape index (κ1) is 10.4. The van der Waals surface area contributed by atoms with Crippen molar-refractivity contribution in [1.82, 2.24) is 0 Å². The van der Waals surface area contributed by atoms with E-state index in [2.05, 4.69) is 38.1 Å². The van der Waals surface area contributed by atoms with Crippen LogP contribution in [0.25, 0.3) is 0 Å². The minimum absolute atomic E-state index is 0.330. The van der Waals surface area contributed by atoms with Crippen molar-refractivity contribution in [2.75, 3.05) is 6.61 Å². The Morgan fingerprint density at radius 3 is 2.47 bits per heavy atom. The number of ether oxygens (including phenoxy) is 1. The molecule has 1 aromatic rings. The van der Waals surface area contributed by atoms with Crippen molar-refractivity contribution in [3.05, 3.63) is 48.0 Å². The molecule has 0 radical (unpaired) electrons. The molecule has 2 rings (SSSR count). The SMILES string of the molecule is CC1(C)C=CC1COCc1ccccc1. The second-order valence-electron chi connectivity index (χ2n) is 4.79.